The molecular weight excluding hydrogens is 258 g/mol. The van der Waals surface area contributed by atoms with Crippen LogP contribution in [0.1, 0.15) is 23.2 Å². The number of ether oxygens (including phenoxy) is 1. The molecule has 1 fully saturated rings. The molecule has 0 aromatic heterocycles. The molecule has 1 amide bonds. The highest BCUT2D eigenvalue weighted by Gasteiger charge is 2.23. The maximum absolute atomic E-state index is 12.2. The van der Waals surface area contributed by atoms with Crippen molar-refractivity contribution in [2.75, 3.05) is 26.8 Å². The van der Waals surface area contributed by atoms with Crippen molar-refractivity contribution in [3.63, 3.8) is 0 Å². The molecule has 5 nitrogen and oxygen atoms in total. The quantitative estimate of drug-likeness (QED) is 0.842. The van der Waals surface area contributed by atoms with Crippen LogP contribution in [0.4, 0.5) is 0 Å². The van der Waals surface area contributed by atoms with Crippen molar-refractivity contribution in [3.8, 4) is 0 Å². The molecule has 0 N–H and O–H groups in total. The zero-order valence-corrected chi connectivity index (χ0v) is 11.6. The number of hydrogen-bond donors (Lipinski definition) is 0. The van der Waals surface area contributed by atoms with Crippen LogP contribution >= 0.6 is 0 Å². The Morgan fingerprint density at radius 3 is 2.30 bits per heavy atom. The number of methoxy groups -OCH3 is 1. The van der Waals surface area contributed by atoms with Gasteiger partial charge in [0.15, 0.2) is 0 Å². The molecule has 108 valence electrons. The lowest BCUT2D eigenvalue weighted by Gasteiger charge is -2.31. The highest BCUT2D eigenvalue weighted by atomic mass is 16.5. The van der Waals surface area contributed by atoms with Gasteiger partial charge in [0.2, 0.25) is 0 Å². The van der Waals surface area contributed by atoms with Crippen LogP contribution in [0.15, 0.2) is 30.3 Å². The summed E-state index contributed by atoms with van der Waals surface area (Å²) in [7, 11) is 1.74. The van der Waals surface area contributed by atoms with Crippen LogP contribution in [0.5, 0.6) is 0 Å². The average Bonchev–Trinajstić information content (AvgIpc) is 2.49. The number of likely N-dealkylation sites (tertiary alicyclic amines) is 1. The van der Waals surface area contributed by atoms with Gasteiger partial charge < -0.3 is 9.64 Å². The monoisotopic (exact) mass is 277 g/mol. The zero-order valence-electron chi connectivity index (χ0n) is 11.6. The first-order valence-electron chi connectivity index (χ1n) is 6.55. The summed E-state index contributed by atoms with van der Waals surface area (Å²) >= 11 is 0. The number of benzene rings is 1. The lowest BCUT2D eigenvalue weighted by Crippen LogP contribution is -2.39. The summed E-state index contributed by atoms with van der Waals surface area (Å²) < 4.78 is 5.16. The van der Waals surface area contributed by atoms with Gasteiger partial charge in [0, 0.05) is 32.4 Å². The molecule has 2 rings (SSSR count). The van der Waals surface area contributed by atoms with Gasteiger partial charge >= 0.3 is 6.15 Å². The van der Waals surface area contributed by atoms with Gasteiger partial charge in [-0.2, -0.15) is 9.59 Å². The number of piperidine rings is 1. The van der Waals surface area contributed by atoms with Gasteiger partial charge in [0.25, 0.3) is 5.91 Å². The molecule has 1 saturated heterocycles. The summed E-state index contributed by atoms with van der Waals surface area (Å²) in [5.74, 6) is 0.765. The van der Waals surface area contributed by atoms with Gasteiger partial charge in [-0.15, -0.1) is 0 Å². The highest BCUT2D eigenvalue weighted by molar-refractivity contribution is 5.94. The fourth-order valence-corrected chi connectivity index (χ4v) is 2.30. The Morgan fingerprint density at radius 1 is 1.25 bits per heavy atom. The van der Waals surface area contributed by atoms with Crippen LogP contribution < -0.4 is 0 Å². The third-order valence-corrected chi connectivity index (χ3v) is 3.32. The summed E-state index contributed by atoms with van der Waals surface area (Å²) in [6.07, 6.45) is 2.35. The molecule has 1 aliphatic rings. The molecule has 1 aromatic carbocycles. The summed E-state index contributed by atoms with van der Waals surface area (Å²) in [6.45, 7) is 2.51. The molecule has 0 radical (unpaired) electrons. The van der Waals surface area contributed by atoms with Crippen LogP contribution in [0.25, 0.3) is 0 Å². The summed E-state index contributed by atoms with van der Waals surface area (Å²) in [5.41, 5.74) is 0.790. The van der Waals surface area contributed by atoms with E-state index in [9.17, 15) is 4.79 Å². The topological polar surface area (TPSA) is 63.7 Å². The summed E-state index contributed by atoms with van der Waals surface area (Å²) in [6, 6.07) is 9.50. The number of hydrogen-bond acceptors (Lipinski definition) is 4. The maximum atomic E-state index is 12.2. The largest absolute Gasteiger partial charge is 0.384 e. The Hall–Kier alpha value is -1.97. The zero-order chi connectivity index (χ0) is 14.8. The van der Waals surface area contributed by atoms with E-state index in [1.165, 1.54) is 0 Å². The first-order chi connectivity index (χ1) is 9.72. The van der Waals surface area contributed by atoms with Crippen molar-refractivity contribution < 1.29 is 19.1 Å². The van der Waals surface area contributed by atoms with E-state index in [-0.39, 0.29) is 12.1 Å². The standard InChI is InChI=1S/C14H19NO2.CO2/c1-17-11-12-7-9-15(10-8-12)14(16)13-5-3-2-4-6-13;2-1-3/h2-6,12H,7-11H2,1H3;. The maximum Gasteiger partial charge on any atom is 0.373 e. The van der Waals surface area contributed by atoms with Crippen LogP contribution in [0.2, 0.25) is 0 Å². The van der Waals surface area contributed by atoms with E-state index >= 15 is 0 Å². The molecule has 0 aliphatic carbocycles. The molecule has 0 saturated carbocycles. The van der Waals surface area contributed by atoms with Crippen LogP contribution in [-0.2, 0) is 14.3 Å². The number of rotatable bonds is 3. The van der Waals surface area contributed by atoms with Crippen molar-refractivity contribution in [2.24, 2.45) is 5.92 Å². The van der Waals surface area contributed by atoms with E-state index in [1.807, 2.05) is 35.2 Å². The second-order valence-electron chi connectivity index (χ2n) is 4.64. The highest BCUT2D eigenvalue weighted by Crippen LogP contribution is 2.19. The molecule has 0 atom stereocenters. The molecule has 5 heteroatoms. The average molecular weight is 277 g/mol. The molecule has 0 spiro atoms. The van der Waals surface area contributed by atoms with Crippen molar-refractivity contribution in [3.05, 3.63) is 35.9 Å². The van der Waals surface area contributed by atoms with Gasteiger partial charge in [0.1, 0.15) is 0 Å². The van der Waals surface area contributed by atoms with Crippen molar-refractivity contribution in [2.45, 2.75) is 12.8 Å². The summed E-state index contributed by atoms with van der Waals surface area (Å²) in [4.78, 5) is 30.4. The SMILES string of the molecule is COCC1CCN(C(=O)c2ccccc2)CC1.O=C=O. The third-order valence-electron chi connectivity index (χ3n) is 3.32. The molecule has 0 unspecified atom stereocenters. The predicted molar refractivity (Wildman–Crippen MR) is 72.0 cm³/mol. The van der Waals surface area contributed by atoms with E-state index in [2.05, 4.69) is 0 Å². The smallest absolute Gasteiger partial charge is 0.373 e. The fourth-order valence-electron chi connectivity index (χ4n) is 2.30. The van der Waals surface area contributed by atoms with Gasteiger partial charge in [-0.25, -0.2) is 0 Å². The molecule has 1 aliphatic heterocycles. The second kappa shape index (κ2) is 9.02. The second-order valence-corrected chi connectivity index (χ2v) is 4.64. The first-order valence-corrected chi connectivity index (χ1v) is 6.55. The summed E-state index contributed by atoms with van der Waals surface area (Å²) in [5, 5.41) is 0. The Balaban J connectivity index is 0.000000612. The normalized spacial score (nSPS) is 14.9. The number of nitrogens with zero attached hydrogens (tertiary/aromatic N) is 1. The van der Waals surface area contributed by atoms with Crippen molar-refractivity contribution >= 4 is 12.1 Å². The van der Waals surface area contributed by atoms with Gasteiger partial charge in [0.05, 0.1) is 0 Å². The Kier molecular flexibility index (Phi) is 7.25. The lowest BCUT2D eigenvalue weighted by molar-refractivity contribution is -0.191. The third kappa shape index (κ3) is 4.96. The minimum Gasteiger partial charge on any atom is -0.384 e. The van der Waals surface area contributed by atoms with Gasteiger partial charge in [-0.1, -0.05) is 18.2 Å². The molecule has 1 heterocycles. The Bertz CT molecular complexity index is 432. The first kappa shape index (κ1) is 16.1. The van der Waals surface area contributed by atoms with Gasteiger partial charge in [-0.05, 0) is 30.9 Å². The number of carbonyl (C=O) groups is 1. The van der Waals surface area contributed by atoms with Crippen molar-refractivity contribution in [1.82, 2.24) is 4.90 Å². The minimum absolute atomic E-state index is 0.154. The van der Waals surface area contributed by atoms with E-state index in [1.54, 1.807) is 7.11 Å². The molecule has 20 heavy (non-hydrogen) atoms. The van der Waals surface area contributed by atoms with E-state index in [4.69, 9.17) is 14.3 Å². The van der Waals surface area contributed by atoms with Crippen LogP contribution in [0.3, 0.4) is 0 Å². The minimum atomic E-state index is 0.154. The molecule has 0 bridgehead atoms. The van der Waals surface area contributed by atoms with E-state index < -0.39 is 0 Å². The Labute approximate surface area is 118 Å². The number of carbonyl (C=O) groups excluding carboxylic acids is 3. The van der Waals surface area contributed by atoms with E-state index in [0.717, 1.165) is 38.1 Å². The molecular formula is C15H19NO4. The lowest BCUT2D eigenvalue weighted by atomic mass is 9.97. The van der Waals surface area contributed by atoms with Crippen LogP contribution in [-0.4, -0.2) is 43.8 Å². The molecule has 1 aromatic rings. The fraction of sp³-hybridized carbons (Fsp3) is 0.467. The van der Waals surface area contributed by atoms with Gasteiger partial charge in [-0.3, -0.25) is 4.79 Å². The van der Waals surface area contributed by atoms with E-state index in [0.29, 0.717) is 5.92 Å². The number of amides is 1. The van der Waals surface area contributed by atoms with Crippen molar-refractivity contribution in [1.29, 1.82) is 0 Å². The predicted octanol–water partition coefficient (Wildman–Crippen LogP) is 1.60. The Morgan fingerprint density at radius 2 is 1.80 bits per heavy atom. The van der Waals surface area contributed by atoms with Crippen LogP contribution in [0, 0.1) is 5.92 Å².